The topological polar surface area (TPSA) is 40.5 Å². The predicted molar refractivity (Wildman–Crippen MR) is 78.3 cm³/mol. The molecule has 17 heavy (non-hydrogen) atoms. The van der Waals surface area contributed by atoms with Gasteiger partial charge in [0, 0.05) is 16.9 Å². The minimum atomic E-state index is 0.0463. The Morgan fingerprint density at radius 2 is 1.71 bits per heavy atom. The summed E-state index contributed by atoms with van der Waals surface area (Å²) in [6, 6.07) is 3.16. The fourth-order valence-electron chi connectivity index (χ4n) is 1.50. The van der Waals surface area contributed by atoms with Crippen molar-refractivity contribution < 1.29 is 10.2 Å². The van der Waals surface area contributed by atoms with Gasteiger partial charge in [0.25, 0.3) is 0 Å². The first-order chi connectivity index (χ1) is 7.82. The smallest absolute Gasteiger partial charge is 0.128 e. The van der Waals surface area contributed by atoms with Crippen LogP contribution >= 0.6 is 24.0 Å². The molecule has 0 aliphatic rings. The normalized spacial score (nSPS) is 11.2. The lowest BCUT2D eigenvalue weighted by Gasteiger charge is -2.14. The lowest BCUT2D eigenvalue weighted by molar-refractivity contribution is 0.443. The van der Waals surface area contributed by atoms with E-state index in [0.717, 1.165) is 5.56 Å². The van der Waals surface area contributed by atoms with Crippen LogP contribution in [0.25, 0.3) is 0 Å². The number of thioether (sulfide) groups is 1. The highest BCUT2D eigenvalue weighted by Gasteiger charge is 2.15. The van der Waals surface area contributed by atoms with Crippen molar-refractivity contribution in [1.29, 1.82) is 0 Å². The molecule has 1 aromatic rings. The fraction of sp³-hybridized carbons (Fsp3) is 0.462. The molecule has 2 nitrogen and oxygen atoms in total. The molecular weight excluding hydrogens is 252 g/mol. The van der Waals surface area contributed by atoms with E-state index >= 15 is 0 Å². The van der Waals surface area contributed by atoms with Crippen molar-refractivity contribution >= 4 is 28.2 Å². The third-order valence-electron chi connectivity index (χ3n) is 2.33. The highest BCUT2D eigenvalue weighted by atomic mass is 32.2. The van der Waals surface area contributed by atoms with Gasteiger partial charge in [-0.3, -0.25) is 0 Å². The van der Waals surface area contributed by atoms with Gasteiger partial charge in [-0.15, -0.1) is 11.8 Å². The maximum absolute atomic E-state index is 9.82. The van der Waals surface area contributed by atoms with Gasteiger partial charge in [0.05, 0.1) is 4.20 Å². The monoisotopic (exact) mass is 270 g/mol. The van der Waals surface area contributed by atoms with E-state index in [2.05, 4.69) is 13.8 Å². The lowest BCUT2D eigenvalue weighted by Crippen LogP contribution is -2.00. The van der Waals surface area contributed by atoms with Gasteiger partial charge >= 0.3 is 0 Å². The molecule has 0 radical (unpaired) electrons. The molecule has 0 unspecified atom stereocenters. The quantitative estimate of drug-likeness (QED) is 0.813. The van der Waals surface area contributed by atoms with Crippen molar-refractivity contribution in [3.63, 3.8) is 0 Å². The molecule has 94 valence electrons. The molecular formula is C13H18O2S2. The Morgan fingerprint density at radius 3 is 2.18 bits per heavy atom. The maximum atomic E-state index is 9.82. The summed E-state index contributed by atoms with van der Waals surface area (Å²) in [4.78, 5) is 0. The summed E-state index contributed by atoms with van der Waals surface area (Å²) in [5.41, 5.74) is 1.45. The average Bonchev–Trinajstić information content (AvgIpc) is 2.15. The molecule has 0 fully saturated rings. The summed E-state index contributed by atoms with van der Waals surface area (Å²) in [5.74, 6) is 0.366. The fourth-order valence-corrected chi connectivity index (χ4v) is 2.96. The number of rotatable bonds is 3. The van der Waals surface area contributed by atoms with Gasteiger partial charge in [-0.2, -0.15) is 0 Å². The van der Waals surface area contributed by atoms with Crippen molar-refractivity contribution in [2.75, 3.05) is 0 Å². The molecule has 0 saturated carbocycles. The second-order valence-electron chi connectivity index (χ2n) is 4.54. The molecule has 0 bridgehead atoms. The van der Waals surface area contributed by atoms with Gasteiger partial charge < -0.3 is 10.2 Å². The van der Waals surface area contributed by atoms with E-state index in [1.165, 1.54) is 17.8 Å². The summed E-state index contributed by atoms with van der Waals surface area (Å²) in [6.45, 7) is 8.10. The van der Waals surface area contributed by atoms with Crippen molar-refractivity contribution in [1.82, 2.24) is 0 Å². The van der Waals surface area contributed by atoms with Crippen LogP contribution < -0.4 is 0 Å². The minimum absolute atomic E-state index is 0.0463. The van der Waals surface area contributed by atoms with Crippen molar-refractivity contribution in [3.8, 4) is 11.5 Å². The highest BCUT2D eigenvalue weighted by Crippen LogP contribution is 2.34. The Balaban J connectivity index is 3.16. The zero-order chi connectivity index (χ0) is 13.2. The molecule has 0 spiro atoms. The molecule has 0 aliphatic carbocycles. The predicted octanol–water partition coefficient (Wildman–Crippen LogP) is 4.04. The molecule has 1 rings (SSSR count). The summed E-state index contributed by atoms with van der Waals surface area (Å²) in [6.07, 6.45) is 0. The van der Waals surface area contributed by atoms with Gasteiger partial charge in [0.15, 0.2) is 0 Å². The molecule has 1 aromatic carbocycles. The second-order valence-corrected chi connectivity index (χ2v) is 6.79. The van der Waals surface area contributed by atoms with Gasteiger partial charge in [0.1, 0.15) is 11.5 Å². The van der Waals surface area contributed by atoms with Crippen LogP contribution in [0, 0.1) is 0 Å². The van der Waals surface area contributed by atoms with Crippen molar-refractivity contribution in [2.45, 2.75) is 38.9 Å². The summed E-state index contributed by atoms with van der Waals surface area (Å²) < 4.78 is 0.666. The van der Waals surface area contributed by atoms with Crippen LogP contribution in [0.15, 0.2) is 12.1 Å². The van der Waals surface area contributed by atoms with Crippen molar-refractivity contribution in [3.05, 3.63) is 23.3 Å². The van der Waals surface area contributed by atoms with Gasteiger partial charge in [0.2, 0.25) is 0 Å². The number of thiocarbonyl (C=S) groups is 1. The summed E-state index contributed by atoms with van der Waals surface area (Å²) in [5, 5.41) is 19.9. The van der Waals surface area contributed by atoms with E-state index in [0.29, 0.717) is 15.0 Å². The van der Waals surface area contributed by atoms with Crippen LogP contribution in [0.4, 0.5) is 0 Å². The van der Waals surface area contributed by atoms with Gasteiger partial charge in [-0.25, -0.2) is 0 Å². The largest absolute Gasteiger partial charge is 0.508 e. The third-order valence-corrected chi connectivity index (χ3v) is 3.74. The van der Waals surface area contributed by atoms with E-state index in [-0.39, 0.29) is 17.4 Å². The number of benzene rings is 1. The van der Waals surface area contributed by atoms with E-state index in [1.54, 1.807) is 6.07 Å². The zero-order valence-electron chi connectivity index (χ0n) is 10.5. The first-order valence-corrected chi connectivity index (χ1v) is 6.88. The van der Waals surface area contributed by atoms with Crippen LogP contribution in [-0.2, 0) is 0 Å². The molecule has 0 aliphatic heterocycles. The molecule has 2 N–H and O–H groups in total. The van der Waals surface area contributed by atoms with E-state index < -0.39 is 0 Å². The zero-order valence-corrected chi connectivity index (χ0v) is 12.2. The number of phenolic OH excluding ortho intramolecular Hbond substituents is 2. The minimum Gasteiger partial charge on any atom is -0.508 e. The van der Waals surface area contributed by atoms with Gasteiger partial charge in [-0.05, 0) is 17.5 Å². The van der Waals surface area contributed by atoms with Crippen LogP contribution in [0.2, 0.25) is 0 Å². The molecule has 0 aromatic heterocycles. The number of aromatic hydroxyl groups is 2. The van der Waals surface area contributed by atoms with E-state index in [4.69, 9.17) is 12.2 Å². The third kappa shape index (κ3) is 3.61. The first kappa shape index (κ1) is 14.3. The van der Waals surface area contributed by atoms with Crippen LogP contribution in [0.3, 0.4) is 0 Å². The summed E-state index contributed by atoms with van der Waals surface area (Å²) in [7, 11) is 0. The molecule has 0 saturated heterocycles. The Bertz CT molecular complexity index is 426. The number of phenols is 2. The Hall–Kier alpha value is -0.740. The number of hydrogen-bond donors (Lipinski definition) is 2. The average molecular weight is 270 g/mol. The van der Waals surface area contributed by atoms with Gasteiger partial charge in [-0.1, -0.05) is 39.9 Å². The summed E-state index contributed by atoms with van der Waals surface area (Å²) >= 11 is 6.83. The Kier molecular flexibility index (Phi) is 4.83. The molecule has 0 amide bonds. The second kappa shape index (κ2) is 5.74. The molecule has 4 heteroatoms. The first-order valence-electron chi connectivity index (χ1n) is 5.59. The van der Waals surface area contributed by atoms with Crippen LogP contribution in [-0.4, -0.2) is 19.7 Å². The Morgan fingerprint density at radius 1 is 1.12 bits per heavy atom. The molecule has 0 heterocycles. The van der Waals surface area contributed by atoms with Crippen LogP contribution in [0.5, 0.6) is 11.5 Å². The highest BCUT2D eigenvalue weighted by molar-refractivity contribution is 8.24. The van der Waals surface area contributed by atoms with Crippen molar-refractivity contribution in [2.24, 2.45) is 0 Å². The maximum Gasteiger partial charge on any atom is 0.128 e. The van der Waals surface area contributed by atoms with Crippen LogP contribution in [0.1, 0.15) is 44.7 Å². The van der Waals surface area contributed by atoms with E-state index in [1.807, 2.05) is 13.8 Å². The number of hydrogen-bond acceptors (Lipinski definition) is 4. The SMILES string of the molecule is CC(C)SC(=S)c1cc(C(C)C)c(O)cc1O. The molecule has 0 atom stereocenters. The Labute approximate surface area is 112 Å². The van der Waals surface area contributed by atoms with E-state index in [9.17, 15) is 10.2 Å². The standard InChI is InChI=1S/C13H18O2S2/c1-7(2)9-5-10(12(15)6-11(9)14)13(16)17-8(3)4/h5-8,14-15H,1-4H3. The lowest BCUT2D eigenvalue weighted by atomic mass is 9.99.